The van der Waals surface area contributed by atoms with Crippen molar-refractivity contribution in [1.82, 2.24) is 20.3 Å². The molecule has 0 radical (unpaired) electrons. The van der Waals surface area contributed by atoms with Crippen LogP contribution in [0.25, 0.3) is 10.2 Å². The smallest absolute Gasteiger partial charge is 0.271 e. The SMILES string of the molecule is CC(Nc1nc(C(=O)NCCc2cccc(C#N)c2)c2sccc2n1)c1cncc(F)c1. The number of thiophene rings is 1. The second-order valence-corrected chi connectivity index (χ2v) is 8.07. The number of pyridine rings is 1. The molecule has 0 saturated carbocycles. The molecule has 3 aromatic heterocycles. The van der Waals surface area contributed by atoms with Gasteiger partial charge in [-0.3, -0.25) is 9.78 Å². The number of rotatable bonds is 7. The molecule has 0 aliphatic carbocycles. The topological polar surface area (TPSA) is 104 Å². The van der Waals surface area contributed by atoms with Crippen LogP contribution in [-0.2, 0) is 6.42 Å². The number of anilines is 1. The predicted molar refractivity (Wildman–Crippen MR) is 121 cm³/mol. The maximum absolute atomic E-state index is 13.5. The van der Waals surface area contributed by atoms with E-state index in [4.69, 9.17) is 5.26 Å². The molecule has 3 heterocycles. The summed E-state index contributed by atoms with van der Waals surface area (Å²) in [5.74, 6) is -0.454. The Kier molecular flexibility index (Phi) is 6.33. The first-order valence-corrected chi connectivity index (χ1v) is 10.8. The zero-order valence-corrected chi connectivity index (χ0v) is 18.0. The van der Waals surface area contributed by atoms with Gasteiger partial charge >= 0.3 is 0 Å². The lowest BCUT2D eigenvalue weighted by Gasteiger charge is -2.15. The highest BCUT2D eigenvalue weighted by atomic mass is 32.1. The molecule has 0 spiro atoms. The van der Waals surface area contributed by atoms with Crippen molar-refractivity contribution in [2.24, 2.45) is 0 Å². The summed E-state index contributed by atoms with van der Waals surface area (Å²) in [4.78, 5) is 25.7. The molecular weight excluding hydrogens is 427 g/mol. The third-order valence-electron chi connectivity index (χ3n) is 4.85. The number of amides is 1. The Bertz CT molecular complexity index is 1320. The quantitative estimate of drug-likeness (QED) is 0.440. The van der Waals surface area contributed by atoms with Crippen LogP contribution in [0, 0.1) is 17.1 Å². The van der Waals surface area contributed by atoms with Crippen molar-refractivity contribution in [3.05, 3.63) is 82.4 Å². The van der Waals surface area contributed by atoms with Crippen molar-refractivity contribution in [3.63, 3.8) is 0 Å². The Morgan fingerprint density at radius 1 is 1.25 bits per heavy atom. The molecule has 1 atom stereocenters. The van der Waals surface area contributed by atoms with Gasteiger partial charge in [-0.25, -0.2) is 14.4 Å². The minimum atomic E-state index is -0.425. The highest BCUT2D eigenvalue weighted by Gasteiger charge is 2.17. The summed E-state index contributed by atoms with van der Waals surface area (Å²) in [5.41, 5.74) is 3.13. The van der Waals surface area contributed by atoms with Crippen LogP contribution in [0.5, 0.6) is 0 Å². The fourth-order valence-corrected chi connectivity index (χ4v) is 4.04. The number of aromatic nitrogens is 3. The van der Waals surface area contributed by atoms with Crippen molar-refractivity contribution >= 4 is 33.4 Å². The van der Waals surface area contributed by atoms with Crippen molar-refractivity contribution in [1.29, 1.82) is 5.26 Å². The van der Waals surface area contributed by atoms with Gasteiger partial charge in [-0.05, 0) is 54.1 Å². The zero-order valence-electron chi connectivity index (χ0n) is 17.2. The second kappa shape index (κ2) is 9.49. The van der Waals surface area contributed by atoms with E-state index < -0.39 is 5.82 Å². The molecular formula is C23H19FN6OS. The van der Waals surface area contributed by atoms with E-state index in [9.17, 15) is 9.18 Å². The lowest BCUT2D eigenvalue weighted by atomic mass is 10.1. The summed E-state index contributed by atoms with van der Waals surface area (Å²) in [6.45, 7) is 2.24. The van der Waals surface area contributed by atoms with Gasteiger partial charge in [0.25, 0.3) is 5.91 Å². The summed E-state index contributed by atoms with van der Waals surface area (Å²) < 4.78 is 14.2. The number of hydrogen-bond acceptors (Lipinski definition) is 7. The second-order valence-electron chi connectivity index (χ2n) is 7.15. The minimum Gasteiger partial charge on any atom is -0.350 e. The molecule has 4 rings (SSSR count). The zero-order chi connectivity index (χ0) is 22.5. The molecule has 7 nitrogen and oxygen atoms in total. The molecule has 1 aromatic carbocycles. The number of halogens is 1. The lowest BCUT2D eigenvalue weighted by molar-refractivity contribution is 0.0951. The molecule has 0 aliphatic heterocycles. The van der Waals surface area contributed by atoms with Crippen molar-refractivity contribution < 1.29 is 9.18 Å². The molecule has 9 heteroatoms. The fraction of sp³-hybridized carbons (Fsp3) is 0.174. The minimum absolute atomic E-state index is 0.277. The standard InChI is InChI=1S/C23H19FN6OS/c1-14(17-10-18(24)13-26-12-17)28-23-29-19-6-8-32-21(19)20(30-23)22(31)27-7-5-15-3-2-4-16(9-15)11-25/h2-4,6,8-10,12-14H,5,7H2,1H3,(H,27,31)(H,28,29,30). The number of nitriles is 1. The average Bonchev–Trinajstić information content (AvgIpc) is 3.27. The highest BCUT2D eigenvalue weighted by molar-refractivity contribution is 7.17. The van der Waals surface area contributed by atoms with Gasteiger partial charge in [-0.2, -0.15) is 5.26 Å². The van der Waals surface area contributed by atoms with E-state index in [0.717, 1.165) is 11.8 Å². The van der Waals surface area contributed by atoms with Gasteiger partial charge in [0.15, 0.2) is 5.69 Å². The monoisotopic (exact) mass is 446 g/mol. The van der Waals surface area contributed by atoms with Gasteiger partial charge in [0.1, 0.15) is 5.82 Å². The van der Waals surface area contributed by atoms with Crippen LogP contribution in [0.15, 0.2) is 54.2 Å². The number of fused-ring (bicyclic) bond motifs is 1. The maximum atomic E-state index is 13.5. The van der Waals surface area contributed by atoms with Crippen LogP contribution >= 0.6 is 11.3 Å². The maximum Gasteiger partial charge on any atom is 0.271 e. The number of carbonyl (C=O) groups excluding carboxylic acids is 1. The molecule has 2 N–H and O–H groups in total. The Hall–Kier alpha value is -3.90. The molecule has 1 amide bonds. The number of carbonyl (C=O) groups is 1. The van der Waals surface area contributed by atoms with E-state index >= 15 is 0 Å². The van der Waals surface area contributed by atoms with E-state index in [-0.39, 0.29) is 23.6 Å². The Labute approximate surface area is 188 Å². The Balaban J connectivity index is 1.49. The van der Waals surface area contributed by atoms with Crippen LogP contribution in [0.4, 0.5) is 10.3 Å². The van der Waals surface area contributed by atoms with Crippen molar-refractivity contribution in [2.75, 3.05) is 11.9 Å². The van der Waals surface area contributed by atoms with Crippen LogP contribution in [-0.4, -0.2) is 27.4 Å². The molecule has 32 heavy (non-hydrogen) atoms. The van der Waals surface area contributed by atoms with E-state index in [1.54, 1.807) is 18.3 Å². The molecule has 4 aromatic rings. The summed E-state index contributed by atoms with van der Waals surface area (Å²) in [5, 5.41) is 16.9. The van der Waals surface area contributed by atoms with E-state index in [1.165, 1.54) is 17.4 Å². The number of nitrogens with zero attached hydrogens (tertiary/aromatic N) is 4. The van der Waals surface area contributed by atoms with Gasteiger partial charge in [-0.1, -0.05) is 12.1 Å². The highest BCUT2D eigenvalue weighted by Crippen LogP contribution is 2.25. The Morgan fingerprint density at radius 3 is 2.94 bits per heavy atom. The third kappa shape index (κ3) is 4.87. The first-order chi connectivity index (χ1) is 15.5. The molecule has 0 aliphatic rings. The first kappa shape index (κ1) is 21.3. The van der Waals surface area contributed by atoms with Gasteiger partial charge in [0.05, 0.1) is 34.1 Å². The molecule has 160 valence electrons. The van der Waals surface area contributed by atoms with Gasteiger partial charge < -0.3 is 10.6 Å². The predicted octanol–water partition coefficient (Wildman–Crippen LogP) is 4.24. The summed E-state index contributed by atoms with van der Waals surface area (Å²) in [7, 11) is 0. The largest absolute Gasteiger partial charge is 0.350 e. The van der Waals surface area contributed by atoms with Gasteiger partial charge in [0.2, 0.25) is 5.95 Å². The third-order valence-corrected chi connectivity index (χ3v) is 5.76. The van der Waals surface area contributed by atoms with Crippen LogP contribution < -0.4 is 10.6 Å². The number of nitrogens with one attached hydrogen (secondary N) is 2. The van der Waals surface area contributed by atoms with Crippen molar-refractivity contribution in [3.8, 4) is 6.07 Å². The molecule has 0 saturated heterocycles. The normalized spacial score (nSPS) is 11.7. The summed E-state index contributed by atoms with van der Waals surface area (Å²) >= 11 is 1.39. The first-order valence-electron chi connectivity index (χ1n) is 9.93. The average molecular weight is 447 g/mol. The molecule has 0 bridgehead atoms. The van der Waals surface area contributed by atoms with Gasteiger partial charge in [0, 0.05) is 12.7 Å². The van der Waals surface area contributed by atoms with Crippen LogP contribution in [0.3, 0.4) is 0 Å². The van der Waals surface area contributed by atoms with Crippen molar-refractivity contribution in [2.45, 2.75) is 19.4 Å². The van der Waals surface area contributed by atoms with E-state index in [2.05, 4.69) is 31.7 Å². The van der Waals surface area contributed by atoms with Crippen LogP contribution in [0.2, 0.25) is 0 Å². The van der Waals surface area contributed by atoms with Crippen LogP contribution in [0.1, 0.15) is 40.1 Å². The van der Waals surface area contributed by atoms with Gasteiger partial charge in [-0.15, -0.1) is 11.3 Å². The summed E-state index contributed by atoms with van der Waals surface area (Å²) in [6, 6.07) is 12.3. The summed E-state index contributed by atoms with van der Waals surface area (Å²) in [6.07, 6.45) is 3.30. The number of hydrogen-bond donors (Lipinski definition) is 2. The molecule has 1 unspecified atom stereocenters. The Morgan fingerprint density at radius 2 is 2.12 bits per heavy atom. The lowest BCUT2D eigenvalue weighted by Crippen LogP contribution is -2.27. The fourth-order valence-electron chi connectivity index (χ4n) is 3.22. The van der Waals surface area contributed by atoms with E-state index in [0.29, 0.717) is 34.3 Å². The molecule has 0 fully saturated rings. The number of benzene rings is 1. The van der Waals surface area contributed by atoms with E-state index in [1.807, 2.05) is 30.5 Å².